The second-order valence-electron chi connectivity index (χ2n) is 7.40. The molecule has 0 spiro atoms. The molecule has 0 aliphatic carbocycles. The number of benzene rings is 3. The highest BCUT2D eigenvalue weighted by Gasteiger charge is 2.11. The van der Waals surface area contributed by atoms with Gasteiger partial charge < -0.3 is 4.42 Å². The molecular weight excluding hydrogens is 390 g/mol. The minimum absolute atomic E-state index is 0.155. The molecule has 0 fully saturated rings. The van der Waals surface area contributed by atoms with Crippen molar-refractivity contribution in [1.29, 1.82) is 0 Å². The van der Waals surface area contributed by atoms with E-state index >= 15 is 0 Å². The van der Waals surface area contributed by atoms with E-state index in [4.69, 9.17) is 4.42 Å². The Labute approximate surface area is 180 Å². The number of carbonyl (C=O) groups excluding carboxylic acids is 2. The zero-order valence-electron chi connectivity index (χ0n) is 17.2. The molecule has 6 nitrogen and oxygen atoms in total. The number of fused-ring (bicyclic) bond motifs is 1. The van der Waals surface area contributed by atoms with Crippen molar-refractivity contribution in [2.24, 2.45) is 0 Å². The molecule has 156 valence electrons. The van der Waals surface area contributed by atoms with Gasteiger partial charge in [-0.2, -0.15) is 0 Å². The van der Waals surface area contributed by atoms with E-state index in [9.17, 15) is 9.59 Å². The molecule has 0 aliphatic rings. The minimum atomic E-state index is -0.304. The van der Waals surface area contributed by atoms with Gasteiger partial charge in [0, 0.05) is 18.4 Å². The van der Waals surface area contributed by atoms with Gasteiger partial charge in [-0.3, -0.25) is 20.4 Å². The number of aromatic nitrogens is 1. The molecule has 0 saturated heterocycles. The van der Waals surface area contributed by atoms with Gasteiger partial charge in [0.25, 0.3) is 0 Å². The summed E-state index contributed by atoms with van der Waals surface area (Å²) in [6.45, 7) is 2.02. The number of oxazole rings is 1. The summed E-state index contributed by atoms with van der Waals surface area (Å²) >= 11 is 0. The van der Waals surface area contributed by atoms with Crippen molar-refractivity contribution in [3.05, 3.63) is 89.9 Å². The maximum Gasteiger partial charge on any atom is 0.242 e. The Kier molecular flexibility index (Phi) is 6.08. The van der Waals surface area contributed by atoms with Gasteiger partial charge in [-0.05, 0) is 23.3 Å². The van der Waals surface area contributed by atoms with Crippen LogP contribution in [0.3, 0.4) is 0 Å². The van der Waals surface area contributed by atoms with E-state index < -0.39 is 0 Å². The summed E-state index contributed by atoms with van der Waals surface area (Å²) in [5.41, 5.74) is 7.96. The highest BCUT2D eigenvalue weighted by molar-refractivity contribution is 5.90. The number of aryl methyl sites for hydroxylation is 2. The predicted octanol–water partition coefficient (Wildman–Crippen LogP) is 4.13. The van der Waals surface area contributed by atoms with Crippen molar-refractivity contribution in [2.75, 3.05) is 0 Å². The normalized spacial score (nSPS) is 10.7. The molecule has 3 aromatic carbocycles. The summed E-state index contributed by atoms with van der Waals surface area (Å²) in [7, 11) is 0. The Hall–Kier alpha value is -3.93. The molecule has 0 unspecified atom stereocenters. The van der Waals surface area contributed by atoms with E-state index in [-0.39, 0.29) is 24.7 Å². The molecular formula is C25H23N3O3. The summed E-state index contributed by atoms with van der Waals surface area (Å²) in [6.07, 6.45) is 2.34. The average Bonchev–Trinajstić information content (AvgIpc) is 3.26. The highest BCUT2D eigenvalue weighted by atomic mass is 16.4. The van der Waals surface area contributed by atoms with E-state index in [1.54, 1.807) is 6.20 Å². The molecule has 6 heteroatoms. The molecule has 4 rings (SSSR count). The first-order chi connectivity index (χ1) is 15.1. The number of hydrazine groups is 1. The van der Waals surface area contributed by atoms with Crippen LogP contribution in [0.15, 0.2) is 77.3 Å². The van der Waals surface area contributed by atoms with Crippen LogP contribution in [0.25, 0.3) is 22.1 Å². The van der Waals surface area contributed by atoms with Gasteiger partial charge in [0.15, 0.2) is 11.7 Å². The van der Waals surface area contributed by atoms with E-state index in [2.05, 4.69) is 15.8 Å². The quantitative estimate of drug-likeness (QED) is 0.466. The zero-order chi connectivity index (χ0) is 21.6. The largest absolute Gasteiger partial charge is 0.441 e. The van der Waals surface area contributed by atoms with E-state index in [1.807, 2.05) is 73.7 Å². The summed E-state index contributed by atoms with van der Waals surface area (Å²) < 4.78 is 5.73. The summed E-state index contributed by atoms with van der Waals surface area (Å²) in [5.74, 6) is 0.565. The fraction of sp³-hybridized carbons (Fsp3) is 0.160. The van der Waals surface area contributed by atoms with Crippen LogP contribution in [0.5, 0.6) is 0 Å². The van der Waals surface area contributed by atoms with Gasteiger partial charge in [-0.1, -0.05) is 72.3 Å². The van der Waals surface area contributed by atoms with Crippen LogP contribution in [0.1, 0.15) is 23.4 Å². The third-order valence-electron chi connectivity index (χ3n) is 5.03. The van der Waals surface area contributed by atoms with Gasteiger partial charge in [-0.25, -0.2) is 4.98 Å². The summed E-state index contributed by atoms with van der Waals surface area (Å²) in [6, 6.07) is 21.7. The maximum atomic E-state index is 12.3. The fourth-order valence-electron chi connectivity index (χ4n) is 3.36. The van der Waals surface area contributed by atoms with Gasteiger partial charge in [0.2, 0.25) is 11.8 Å². The van der Waals surface area contributed by atoms with Gasteiger partial charge in [0.05, 0.1) is 12.6 Å². The van der Waals surface area contributed by atoms with Crippen molar-refractivity contribution in [2.45, 2.75) is 26.2 Å². The topological polar surface area (TPSA) is 84.2 Å². The monoisotopic (exact) mass is 413 g/mol. The van der Waals surface area contributed by atoms with Crippen molar-refractivity contribution in [3.63, 3.8) is 0 Å². The van der Waals surface area contributed by atoms with E-state index in [0.717, 1.165) is 21.9 Å². The van der Waals surface area contributed by atoms with E-state index in [0.29, 0.717) is 18.1 Å². The molecule has 0 bridgehead atoms. The molecule has 0 atom stereocenters. The van der Waals surface area contributed by atoms with Crippen LogP contribution >= 0.6 is 0 Å². The van der Waals surface area contributed by atoms with E-state index in [1.165, 1.54) is 5.56 Å². The van der Waals surface area contributed by atoms with Gasteiger partial charge in [-0.15, -0.1) is 0 Å². The minimum Gasteiger partial charge on any atom is -0.441 e. The summed E-state index contributed by atoms with van der Waals surface area (Å²) in [5, 5.41) is 2.10. The predicted molar refractivity (Wildman–Crippen MR) is 119 cm³/mol. The Bertz CT molecular complexity index is 1210. The number of nitrogens with zero attached hydrogens (tertiary/aromatic N) is 1. The maximum absolute atomic E-state index is 12.3. The van der Waals surface area contributed by atoms with Gasteiger partial charge >= 0.3 is 0 Å². The molecule has 4 aromatic rings. The first-order valence-corrected chi connectivity index (χ1v) is 10.1. The lowest BCUT2D eigenvalue weighted by atomic mass is 10.0. The summed E-state index contributed by atoms with van der Waals surface area (Å²) in [4.78, 5) is 28.6. The van der Waals surface area contributed by atoms with Crippen LogP contribution in [0.2, 0.25) is 0 Å². The SMILES string of the molecule is Cc1ccc(-c2cnc(CCC(=O)NNC(=O)Cc3cccc4ccccc34)o2)cc1. The van der Waals surface area contributed by atoms with Crippen molar-refractivity contribution >= 4 is 22.6 Å². The fourth-order valence-corrected chi connectivity index (χ4v) is 3.36. The second-order valence-corrected chi connectivity index (χ2v) is 7.40. The number of hydrogen-bond acceptors (Lipinski definition) is 4. The molecule has 0 aliphatic heterocycles. The standard InChI is InChI=1S/C25H23N3O3/c1-17-9-11-19(12-10-17)22-16-26-25(31-22)14-13-23(29)27-28-24(30)15-20-7-4-6-18-5-2-3-8-21(18)20/h2-12,16H,13-15H2,1H3,(H,27,29)(H,28,30). The molecule has 0 saturated carbocycles. The van der Waals surface area contributed by atoms with Gasteiger partial charge in [0.1, 0.15) is 0 Å². The highest BCUT2D eigenvalue weighted by Crippen LogP contribution is 2.21. The van der Waals surface area contributed by atoms with Crippen molar-refractivity contribution in [1.82, 2.24) is 15.8 Å². The lowest BCUT2D eigenvalue weighted by Gasteiger charge is -2.09. The Balaban J connectivity index is 1.26. The number of amides is 2. The van der Waals surface area contributed by atoms with Crippen LogP contribution in [0, 0.1) is 6.92 Å². The second kappa shape index (κ2) is 9.26. The molecule has 31 heavy (non-hydrogen) atoms. The number of carbonyl (C=O) groups is 2. The van der Waals surface area contributed by atoms with Crippen LogP contribution in [-0.4, -0.2) is 16.8 Å². The molecule has 1 heterocycles. The van der Waals surface area contributed by atoms with Crippen molar-refractivity contribution < 1.29 is 14.0 Å². The molecule has 0 radical (unpaired) electrons. The average molecular weight is 413 g/mol. The molecule has 2 amide bonds. The van der Waals surface area contributed by atoms with Crippen LogP contribution < -0.4 is 10.9 Å². The molecule has 1 aromatic heterocycles. The third kappa shape index (κ3) is 5.17. The Morgan fingerprint density at radius 3 is 2.48 bits per heavy atom. The van der Waals surface area contributed by atoms with Crippen molar-refractivity contribution in [3.8, 4) is 11.3 Å². The number of hydrogen-bond donors (Lipinski definition) is 2. The lowest BCUT2D eigenvalue weighted by molar-refractivity contribution is -0.128. The first-order valence-electron chi connectivity index (χ1n) is 10.1. The lowest BCUT2D eigenvalue weighted by Crippen LogP contribution is -2.42. The van der Waals surface area contributed by atoms with Crippen LogP contribution in [-0.2, 0) is 22.4 Å². The van der Waals surface area contributed by atoms with Crippen LogP contribution in [0.4, 0.5) is 0 Å². The zero-order valence-corrected chi connectivity index (χ0v) is 17.2. The third-order valence-corrected chi connectivity index (χ3v) is 5.03. The number of nitrogens with one attached hydrogen (secondary N) is 2. The first kappa shape index (κ1) is 20.3. The smallest absolute Gasteiger partial charge is 0.242 e. The number of rotatable bonds is 6. The Morgan fingerprint density at radius 2 is 1.65 bits per heavy atom. The molecule has 2 N–H and O–H groups in total. The Morgan fingerprint density at radius 1 is 0.903 bits per heavy atom.